The molecule has 7 nitrogen and oxygen atoms in total. The average molecular weight is 393 g/mol. The number of carbonyl (C=O) groups excluding carboxylic acids is 3. The number of hydrogen-bond donors (Lipinski definition) is 2. The number of anilines is 2. The van der Waals surface area contributed by atoms with E-state index in [4.69, 9.17) is 4.74 Å². The number of amides is 3. The molecular weight excluding hydrogens is 370 g/mol. The lowest BCUT2D eigenvalue weighted by molar-refractivity contribution is -0.117. The molecule has 2 atom stereocenters. The van der Waals surface area contributed by atoms with Crippen LogP contribution < -0.4 is 15.5 Å². The van der Waals surface area contributed by atoms with Gasteiger partial charge in [-0.1, -0.05) is 19.1 Å². The summed E-state index contributed by atoms with van der Waals surface area (Å²) < 4.78 is 4.96. The molecule has 2 unspecified atom stereocenters. The normalized spacial score (nSPS) is 20.2. The predicted molar refractivity (Wildman–Crippen MR) is 109 cm³/mol. The summed E-state index contributed by atoms with van der Waals surface area (Å²) in [5.74, 6) is 0.395. The van der Waals surface area contributed by atoms with Gasteiger partial charge in [0.15, 0.2) is 0 Å². The second-order valence-electron chi connectivity index (χ2n) is 7.50. The van der Waals surface area contributed by atoms with Crippen molar-refractivity contribution in [3.63, 3.8) is 0 Å². The maximum atomic E-state index is 12.4. The second-order valence-corrected chi connectivity index (χ2v) is 7.50. The van der Waals surface area contributed by atoms with E-state index in [-0.39, 0.29) is 23.8 Å². The van der Waals surface area contributed by atoms with E-state index in [1.165, 1.54) is 0 Å². The van der Waals surface area contributed by atoms with Crippen LogP contribution in [0.3, 0.4) is 0 Å². The van der Waals surface area contributed by atoms with Crippen LogP contribution in [-0.4, -0.2) is 31.1 Å². The first kappa shape index (κ1) is 19.0. The lowest BCUT2D eigenvalue weighted by atomic mass is 10.1. The number of ether oxygens (including phenoxy) is 1. The summed E-state index contributed by atoms with van der Waals surface area (Å²) in [6, 6.07) is 14.3. The molecule has 1 saturated carbocycles. The summed E-state index contributed by atoms with van der Waals surface area (Å²) in [6.45, 7) is 3.31. The van der Waals surface area contributed by atoms with E-state index in [1.54, 1.807) is 29.2 Å². The molecule has 7 heteroatoms. The van der Waals surface area contributed by atoms with Gasteiger partial charge in [0.05, 0.1) is 6.54 Å². The van der Waals surface area contributed by atoms with Crippen molar-refractivity contribution in [3.05, 3.63) is 59.7 Å². The number of cyclic esters (lactones) is 1. The minimum absolute atomic E-state index is 0.0384. The topological polar surface area (TPSA) is 87.7 Å². The molecule has 0 aromatic heterocycles. The van der Waals surface area contributed by atoms with Crippen LogP contribution in [0.4, 0.5) is 16.2 Å². The minimum Gasteiger partial charge on any atom is -0.447 e. The van der Waals surface area contributed by atoms with Crippen molar-refractivity contribution in [2.75, 3.05) is 23.4 Å². The highest BCUT2D eigenvalue weighted by Gasteiger charge is 2.39. The molecule has 0 spiro atoms. The largest absolute Gasteiger partial charge is 0.447 e. The molecule has 3 amide bonds. The first-order chi connectivity index (χ1) is 14.0. The third-order valence-electron chi connectivity index (χ3n) is 5.30. The van der Waals surface area contributed by atoms with E-state index >= 15 is 0 Å². The molecule has 1 saturated heterocycles. The van der Waals surface area contributed by atoms with Crippen molar-refractivity contribution < 1.29 is 19.1 Å². The molecule has 1 aliphatic heterocycles. The quantitative estimate of drug-likeness (QED) is 0.789. The van der Waals surface area contributed by atoms with Gasteiger partial charge in [0.2, 0.25) is 5.91 Å². The Kier molecular flexibility index (Phi) is 5.20. The number of nitrogens with zero attached hydrogens (tertiary/aromatic N) is 1. The van der Waals surface area contributed by atoms with Gasteiger partial charge in [-0.3, -0.25) is 14.5 Å². The number of rotatable bonds is 6. The Hall–Kier alpha value is -3.35. The van der Waals surface area contributed by atoms with E-state index < -0.39 is 0 Å². The van der Waals surface area contributed by atoms with Gasteiger partial charge >= 0.3 is 6.09 Å². The molecule has 2 aliphatic rings. The molecule has 2 fully saturated rings. The Bertz CT molecular complexity index is 941. The molecule has 1 aliphatic carbocycles. The maximum Gasteiger partial charge on any atom is 0.414 e. The fraction of sp³-hybridized carbons (Fsp3) is 0.318. The van der Waals surface area contributed by atoms with Crippen molar-refractivity contribution in [2.45, 2.75) is 19.9 Å². The third-order valence-corrected chi connectivity index (χ3v) is 5.30. The molecule has 2 aromatic carbocycles. The fourth-order valence-electron chi connectivity index (χ4n) is 3.37. The van der Waals surface area contributed by atoms with Crippen LogP contribution in [-0.2, 0) is 16.1 Å². The Morgan fingerprint density at radius 1 is 1.17 bits per heavy atom. The zero-order valence-electron chi connectivity index (χ0n) is 16.2. The van der Waals surface area contributed by atoms with Crippen LogP contribution in [0, 0.1) is 11.8 Å². The van der Waals surface area contributed by atoms with Gasteiger partial charge in [0.25, 0.3) is 5.91 Å². The smallest absolute Gasteiger partial charge is 0.414 e. The van der Waals surface area contributed by atoms with Crippen molar-refractivity contribution >= 4 is 29.3 Å². The van der Waals surface area contributed by atoms with Gasteiger partial charge in [0, 0.05) is 29.4 Å². The van der Waals surface area contributed by atoms with Gasteiger partial charge in [-0.15, -0.1) is 0 Å². The Labute approximate surface area is 169 Å². The van der Waals surface area contributed by atoms with Crippen LogP contribution in [0.1, 0.15) is 29.3 Å². The van der Waals surface area contributed by atoms with Crippen molar-refractivity contribution in [1.82, 2.24) is 5.32 Å². The van der Waals surface area contributed by atoms with E-state index in [9.17, 15) is 14.4 Å². The lowest BCUT2D eigenvalue weighted by Gasteiger charge is -2.14. The van der Waals surface area contributed by atoms with Crippen molar-refractivity contribution in [1.29, 1.82) is 0 Å². The van der Waals surface area contributed by atoms with Gasteiger partial charge in [0.1, 0.15) is 6.61 Å². The number of nitrogens with one attached hydrogen (secondary N) is 2. The zero-order valence-corrected chi connectivity index (χ0v) is 16.2. The van der Waals surface area contributed by atoms with Crippen LogP contribution in [0.2, 0.25) is 0 Å². The zero-order chi connectivity index (χ0) is 20.4. The second kappa shape index (κ2) is 7.95. The average Bonchev–Trinajstić information content (AvgIpc) is 3.31. The van der Waals surface area contributed by atoms with Crippen molar-refractivity contribution in [2.24, 2.45) is 11.8 Å². The molecule has 2 aromatic rings. The molecule has 4 rings (SSSR count). The van der Waals surface area contributed by atoms with E-state index in [0.29, 0.717) is 36.9 Å². The number of carbonyl (C=O) groups is 3. The molecule has 150 valence electrons. The van der Waals surface area contributed by atoms with E-state index in [1.807, 2.05) is 24.3 Å². The summed E-state index contributed by atoms with van der Waals surface area (Å²) in [6.07, 6.45) is 0.585. The molecule has 2 N–H and O–H groups in total. The summed E-state index contributed by atoms with van der Waals surface area (Å²) in [7, 11) is 0. The van der Waals surface area contributed by atoms with E-state index in [0.717, 1.165) is 17.7 Å². The van der Waals surface area contributed by atoms with Gasteiger partial charge < -0.3 is 15.4 Å². The highest BCUT2D eigenvalue weighted by molar-refractivity contribution is 5.97. The molecular formula is C22H23N3O4. The number of benzene rings is 2. The van der Waals surface area contributed by atoms with Gasteiger partial charge in [-0.05, 0) is 54.3 Å². The first-order valence-corrected chi connectivity index (χ1v) is 9.73. The molecule has 0 bridgehead atoms. The molecule has 29 heavy (non-hydrogen) atoms. The maximum absolute atomic E-state index is 12.4. The number of hydrogen-bond acceptors (Lipinski definition) is 4. The van der Waals surface area contributed by atoms with Crippen molar-refractivity contribution in [3.8, 4) is 0 Å². The fourth-order valence-corrected chi connectivity index (χ4v) is 3.37. The first-order valence-electron chi connectivity index (χ1n) is 9.73. The van der Waals surface area contributed by atoms with Crippen LogP contribution in [0.15, 0.2) is 48.5 Å². The lowest BCUT2D eigenvalue weighted by Crippen LogP contribution is -2.25. The summed E-state index contributed by atoms with van der Waals surface area (Å²) >= 11 is 0. The van der Waals surface area contributed by atoms with Gasteiger partial charge in [-0.25, -0.2) is 4.79 Å². The third kappa shape index (κ3) is 4.39. The Morgan fingerprint density at radius 2 is 1.93 bits per heavy atom. The highest BCUT2D eigenvalue weighted by atomic mass is 16.6. The van der Waals surface area contributed by atoms with E-state index in [2.05, 4.69) is 17.6 Å². The van der Waals surface area contributed by atoms with Crippen LogP contribution >= 0.6 is 0 Å². The standard InChI is InChI=1S/C22H23N3O4/c1-14-11-19(14)21(27)24-17-7-5-16(6-8-17)20(26)23-13-15-3-2-4-18(12-15)25-9-10-29-22(25)28/h2-8,12,14,19H,9-11,13H2,1H3,(H,23,26)(H,24,27). The highest BCUT2D eigenvalue weighted by Crippen LogP contribution is 2.38. The van der Waals surface area contributed by atoms with Crippen LogP contribution in [0.25, 0.3) is 0 Å². The minimum atomic E-state index is -0.352. The summed E-state index contributed by atoms with van der Waals surface area (Å²) in [4.78, 5) is 37.7. The summed E-state index contributed by atoms with van der Waals surface area (Å²) in [5.41, 5.74) is 2.85. The van der Waals surface area contributed by atoms with Gasteiger partial charge in [-0.2, -0.15) is 0 Å². The Morgan fingerprint density at radius 3 is 2.59 bits per heavy atom. The summed E-state index contributed by atoms with van der Waals surface area (Å²) in [5, 5.41) is 5.76. The monoisotopic (exact) mass is 393 g/mol. The van der Waals surface area contributed by atoms with Crippen LogP contribution in [0.5, 0.6) is 0 Å². The predicted octanol–water partition coefficient (Wildman–Crippen LogP) is 3.17. The molecule has 1 heterocycles. The molecule has 0 radical (unpaired) electrons. The Balaban J connectivity index is 1.32. The SMILES string of the molecule is CC1CC1C(=O)Nc1ccc(C(=O)NCc2cccc(N3CCOC3=O)c2)cc1.